The van der Waals surface area contributed by atoms with E-state index >= 15 is 0 Å². The van der Waals surface area contributed by atoms with Gasteiger partial charge in [0, 0.05) is 5.56 Å². The van der Waals surface area contributed by atoms with Crippen LogP contribution in [0.1, 0.15) is 23.6 Å². The van der Waals surface area contributed by atoms with E-state index in [0.29, 0.717) is 5.84 Å². The van der Waals surface area contributed by atoms with Crippen molar-refractivity contribution in [1.82, 2.24) is 5.32 Å². The van der Waals surface area contributed by atoms with Gasteiger partial charge in [0.1, 0.15) is 5.84 Å². The number of aliphatic imine (C=N–C) groups is 1. The van der Waals surface area contributed by atoms with Crippen LogP contribution < -0.4 is 11.1 Å². The summed E-state index contributed by atoms with van der Waals surface area (Å²) in [5.74, 6) is 0.638. The summed E-state index contributed by atoms with van der Waals surface area (Å²) in [5.41, 5.74) is 8.29. The first-order chi connectivity index (χ1) is 8.74. The Balaban J connectivity index is 1.94. The molecular weight excluding hydrogens is 230 g/mol. The van der Waals surface area contributed by atoms with Crippen LogP contribution in [0.4, 0.5) is 10.5 Å². The number of carbonyl (C=O) groups is 1. The minimum atomic E-state index is -0.789. The molecule has 18 heavy (non-hydrogen) atoms. The standard InChI is InChI=1S/C13H13N3O2/c14-13(17)18-7-11-15-9-5-1-3-8-4-2-6-10(16-11)12(8)9/h1-5,10H,6-7H2,(H2,14,17)(H,15,16). The Kier molecular flexibility index (Phi) is 2.51. The van der Waals surface area contributed by atoms with Crippen LogP contribution in [0, 0.1) is 0 Å². The maximum absolute atomic E-state index is 10.6. The normalized spacial score (nSPS) is 19.6. The molecule has 5 nitrogen and oxygen atoms in total. The molecule has 0 radical (unpaired) electrons. The average Bonchev–Trinajstić information content (AvgIpc) is 2.37. The number of benzene rings is 1. The summed E-state index contributed by atoms with van der Waals surface area (Å²) in [7, 11) is 0. The minimum absolute atomic E-state index is 0.0826. The molecule has 1 aliphatic heterocycles. The average molecular weight is 243 g/mol. The topological polar surface area (TPSA) is 76.7 Å². The summed E-state index contributed by atoms with van der Waals surface area (Å²) in [6.07, 6.45) is 4.35. The Morgan fingerprint density at radius 1 is 1.56 bits per heavy atom. The Bertz CT molecular complexity index is 563. The van der Waals surface area contributed by atoms with E-state index in [1.54, 1.807) is 0 Å². The lowest BCUT2D eigenvalue weighted by Gasteiger charge is -2.29. The third-order valence-electron chi connectivity index (χ3n) is 3.08. The zero-order valence-electron chi connectivity index (χ0n) is 9.72. The van der Waals surface area contributed by atoms with E-state index in [1.807, 2.05) is 12.1 Å². The van der Waals surface area contributed by atoms with Gasteiger partial charge in [-0.25, -0.2) is 9.79 Å². The lowest BCUT2D eigenvalue weighted by molar-refractivity contribution is 0.171. The fourth-order valence-corrected chi connectivity index (χ4v) is 2.37. The predicted octanol–water partition coefficient (Wildman–Crippen LogP) is 1.87. The predicted molar refractivity (Wildman–Crippen MR) is 68.6 cm³/mol. The van der Waals surface area contributed by atoms with Gasteiger partial charge in [0.15, 0.2) is 6.61 Å². The lowest BCUT2D eigenvalue weighted by Crippen LogP contribution is -2.36. The van der Waals surface area contributed by atoms with Crippen molar-refractivity contribution >= 4 is 23.7 Å². The molecule has 1 aliphatic carbocycles. The zero-order chi connectivity index (χ0) is 12.5. The molecule has 0 saturated carbocycles. The van der Waals surface area contributed by atoms with Crippen molar-refractivity contribution in [2.24, 2.45) is 10.7 Å². The summed E-state index contributed by atoms with van der Waals surface area (Å²) >= 11 is 0. The van der Waals surface area contributed by atoms with E-state index in [1.165, 1.54) is 11.1 Å². The molecule has 0 bridgehead atoms. The maximum atomic E-state index is 10.6. The molecule has 0 fully saturated rings. The Morgan fingerprint density at radius 2 is 2.44 bits per heavy atom. The number of amides is 1. The molecule has 3 N–H and O–H groups in total. The molecule has 1 amide bonds. The molecular formula is C13H13N3O2. The van der Waals surface area contributed by atoms with E-state index in [-0.39, 0.29) is 12.6 Å². The summed E-state index contributed by atoms with van der Waals surface area (Å²) in [6, 6.07) is 6.22. The first-order valence-electron chi connectivity index (χ1n) is 5.80. The van der Waals surface area contributed by atoms with Crippen molar-refractivity contribution in [3.8, 4) is 0 Å². The summed E-state index contributed by atoms with van der Waals surface area (Å²) in [5, 5.41) is 3.27. The monoisotopic (exact) mass is 243 g/mol. The third-order valence-corrected chi connectivity index (χ3v) is 3.08. The van der Waals surface area contributed by atoms with Gasteiger partial charge in [0.25, 0.3) is 0 Å². The molecule has 0 aromatic heterocycles. The van der Waals surface area contributed by atoms with Gasteiger partial charge in [-0.3, -0.25) is 0 Å². The van der Waals surface area contributed by atoms with Crippen molar-refractivity contribution < 1.29 is 9.53 Å². The van der Waals surface area contributed by atoms with Crippen LogP contribution in [0.2, 0.25) is 0 Å². The van der Waals surface area contributed by atoms with Gasteiger partial charge in [0.05, 0.1) is 11.7 Å². The highest BCUT2D eigenvalue weighted by atomic mass is 16.5. The van der Waals surface area contributed by atoms with Crippen molar-refractivity contribution in [3.63, 3.8) is 0 Å². The number of carbonyl (C=O) groups excluding carboxylic acids is 1. The molecule has 1 atom stereocenters. The third kappa shape index (κ3) is 1.84. The minimum Gasteiger partial charge on any atom is -0.442 e. The maximum Gasteiger partial charge on any atom is 0.404 e. The van der Waals surface area contributed by atoms with Gasteiger partial charge in [-0.2, -0.15) is 0 Å². The van der Waals surface area contributed by atoms with Crippen LogP contribution in [-0.4, -0.2) is 18.5 Å². The van der Waals surface area contributed by atoms with E-state index in [9.17, 15) is 4.79 Å². The number of primary amides is 1. The van der Waals surface area contributed by atoms with Gasteiger partial charge in [-0.15, -0.1) is 0 Å². The number of hydrogen-bond acceptors (Lipinski definition) is 4. The molecule has 1 unspecified atom stereocenters. The van der Waals surface area contributed by atoms with E-state index in [0.717, 1.165) is 12.1 Å². The molecule has 3 rings (SSSR count). The highest BCUT2D eigenvalue weighted by Crippen LogP contribution is 2.37. The quantitative estimate of drug-likeness (QED) is 0.832. The highest BCUT2D eigenvalue weighted by molar-refractivity contribution is 5.91. The highest BCUT2D eigenvalue weighted by Gasteiger charge is 2.25. The number of nitrogens with two attached hydrogens (primary N) is 1. The smallest absolute Gasteiger partial charge is 0.404 e. The van der Waals surface area contributed by atoms with Crippen LogP contribution in [0.25, 0.3) is 6.08 Å². The van der Waals surface area contributed by atoms with Crippen molar-refractivity contribution in [3.05, 3.63) is 35.4 Å². The molecule has 0 saturated heterocycles. The lowest BCUT2D eigenvalue weighted by atomic mass is 9.90. The molecule has 1 aromatic carbocycles. The fraction of sp³-hybridized carbons (Fsp3) is 0.231. The van der Waals surface area contributed by atoms with Gasteiger partial charge in [-0.1, -0.05) is 24.3 Å². The number of ether oxygens (including phenoxy) is 1. The molecule has 92 valence electrons. The second-order valence-electron chi connectivity index (χ2n) is 4.28. The Labute approximate surface area is 104 Å². The SMILES string of the molecule is NC(=O)OCC1=Nc2cccc3c2C(CC=C3)N1. The van der Waals surface area contributed by atoms with Gasteiger partial charge in [0.2, 0.25) is 0 Å². The number of hydrogen-bond donors (Lipinski definition) is 2. The Morgan fingerprint density at radius 3 is 3.28 bits per heavy atom. The first kappa shape index (κ1) is 10.8. The summed E-state index contributed by atoms with van der Waals surface area (Å²) in [6.45, 7) is 0.0826. The van der Waals surface area contributed by atoms with Crippen molar-refractivity contribution in [2.45, 2.75) is 12.5 Å². The summed E-state index contributed by atoms with van der Waals surface area (Å²) in [4.78, 5) is 15.1. The van der Waals surface area contributed by atoms with E-state index in [4.69, 9.17) is 10.5 Å². The molecule has 5 heteroatoms. The zero-order valence-corrected chi connectivity index (χ0v) is 9.72. The van der Waals surface area contributed by atoms with E-state index in [2.05, 4.69) is 28.5 Å². The Hall–Kier alpha value is -2.30. The van der Waals surface area contributed by atoms with Gasteiger partial charge < -0.3 is 15.8 Å². The molecule has 0 spiro atoms. The summed E-state index contributed by atoms with van der Waals surface area (Å²) < 4.78 is 4.77. The first-order valence-corrected chi connectivity index (χ1v) is 5.80. The molecule has 1 heterocycles. The second kappa shape index (κ2) is 4.18. The van der Waals surface area contributed by atoms with Crippen LogP contribution >= 0.6 is 0 Å². The van der Waals surface area contributed by atoms with Gasteiger partial charge in [-0.05, 0) is 18.1 Å². The van der Waals surface area contributed by atoms with E-state index < -0.39 is 6.09 Å². The largest absolute Gasteiger partial charge is 0.442 e. The molecule has 1 aromatic rings. The van der Waals surface area contributed by atoms with Crippen LogP contribution in [0.15, 0.2) is 29.3 Å². The second-order valence-corrected chi connectivity index (χ2v) is 4.28. The fourth-order valence-electron chi connectivity index (χ4n) is 2.37. The van der Waals surface area contributed by atoms with Crippen molar-refractivity contribution in [2.75, 3.05) is 6.61 Å². The number of nitrogens with zero attached hydrogens (tertiary/aromatic N) is 1. The van der Waals surface area contributed by atoms with Crippen LogP contribution in [-0.2, 0) is 4.74 Å². The molecule has 2 aliphatic rings. The van der Waals surface area contributed by atoms with Crippen LogP contribution in [0.5, 0.6) is 0 Å². The number of amidine groups is 1. The van der Waals surface area contributed by atoms with Gasteiger partial charge >= 0.3 is 6.09 Å². The van der Waals surface area contributed by atoms with Crippen molar-refractivity contribution in [1.29, 1.82) is 0 Å². The van der Waals surface area contributed by atoms with Crippen LogP contribution in [0.3, 0.4) is 0 Å². The number of rotatable bonds is 2. The number of nitrogens with one attached hydrogen (secondary N) is 1.